The van der Waals surface area contributed by atoms with E-state index in [1.807, 2.05) is 30.3 Å². The van der Waals surface area contributed by atoms with Gasteiger partial charge in [0, 0.05) is 38.1 Å². The van der Waals surface area contributed by atoms with E-state index in [1.165, 1.54) is 12.1 Å². The molecule has 3 aromatic rings. The van der Waals surface area contributed by atoms with Crippen molar-refractivity contribution in [1.82, 2.24) is 9.88 Å². The summed E-state index contributed by atoms with van der Waals surface area (Å²) in [4.78, 5) is 21.2. The molecule has 3 heterocycles. The Morgan fingerprint density at radius 2 is 1.72 bits per heavy atom. The minimum absolute atomic E-state index is 0.0308. The summed E-state index contributed by atoms with van der Waals surface area (Å²) in [6.45, 7) is 4.54. The van der Waals surface area contributed by atoms with Crippen LogP contribution in [0, 0.1) is 0 Å². The van der Waals surface area contributed by atoms with Crippen molar-refractivity contribution >= 4 is 33.1 Å². The fraction of sp³-hybridized carbons (Fsp3) is 0.280. The zero-order chi connectivity index (χ0) is 25.1. The van der Waals surface area contributed by atoms with Crippen molar-refractivity contribution in [2.75, 3.05) is 56.2 Å². The van der Waals surface area contributed by atoms with Crippen LogP contribution in [0.4, 0.5) is 17.2 Å². The highest BCUT2D eigenvalue weighted by molar-refractivity contribution is 7.89. The molecule has 0 saturated carbocycles. The van der Waals surface area contributed by atoms with Gasteiger partial charge in [0.25, 0.3) is 5.91 Å². The Hall–Kier alpha value is -3.51. The largest absolute Gasteiger partial charge is 0.482 e. The van der Waals surface area contributed by atoms with Gasteiger partial charge in [0.2, 0.25) is 10.0 Å². The molecule has 5 rings (SSSR count). The lowest BCUT2D eigenvalue weighted by molar-refractivity contribution is -0.121. The van der Waals surface area contributed by atoms with Crippen molar-refractivity contribution in [3.05, 3.63) is 60.8 Å². The zero-order valence-corrected chi connectivity index (χ0v) is 20.4. The first-order chi connectivity index (χ1) is 17.4. The fourth-order valence-electron chi connectivity index (χ4n) is 4.25. The average Bonchev–Trinajstić information content (AvgIpc) is 2.88. The monoisotopic (exact) mass is 509 g/mol. The second-order valence-electron chi connectivity index (χ2n) is 8.59. The molecule has 2 aromatic carbocycles. The van der Waals surface area contributed by atoms with E-state index < -0.39 is 10.0 Å². The van der Waals surface area contributed by atoms with Crippen LogP contribution < -0.4 is 20.1 Å². The van der Waals surface area contributed by atoms with Crippen molar-refractivity contribution in [1.29, 1.82) is 0 Å². The molecule has 11 heteroatoms. The van der Waals surface area contributed by atoms with Crippen LogP contribution in [0.25, 0.3) is 11.1 Å². The molecule has 0 spiro atoms. The third-order valence-electron chi connectivity index (χ3n) is 6.19. The molecule has 1 aromatic heterocycles. The number of hydrogen-bond acceptors (Lipinski definition) is 8. The summed E-state index contributed by atoms with van der Waals surface area (Å²) >= 11 is 0. The summed E-state index contributed by atoms with van der Waals surface area (Å²) in [7, 11) is -3.75. The van der Waals surface area contributed by atoms with Gasteiger partial charge in [0.05, 0.1) is 23.8 Å². The third kappa shape index (κ3) is 5.49. The van der Waals surface area contributed by atoms with Crippen molar-refractivity contribution in [3.8, 4) is 16.9 Å². The Balaban J connectivity index is 1.35. The van der Waals surface area contributed by atoms with Crippen LogP contribution in [0.1, 0.15) is 0 Å². The molecule has 1 fully saturated rings. The van der Waals surface area contributed by atoms with Crippen molar-refractivity contribution in [2.45, 2.75) is 4.90 Å². The van der Waals surface area contributed by atoms with Gasteiger partial charge in [-0.1, -0.05) is 6.07 Å². The first-order valence-corrected chi connectivity index (χ1v) is 13.1. The number of pyridine rings is 1. The standard InChI is InChI=1S/C25H27N5O5S/c26-36(32,33)21-4-2-20(3-5-21)28-24-16-19(7-8-27-24)18-1-6-23-22(15-18)30(25(31)17-35-23)10-9-29-11-13-34-14-12-29/h1-8,15-16H,9-14,17H2,(H,27,28)(H2,26,32,33). The summed E-state index contributed by atoms with van der Waals surface area (Å²) in [5.74, 6) is 1.21. The maximum atomic E-state index is 12.7. The van der Waals surface area contributed by atoms with Crippen LogP contribution in [-0.4, -0.2) is 70.2 Å². The molecular weight excluding hydrogens is 482 g/mol. The van der Waals surface area contributed by atoms with E-state index in [9.17, 15) is 13.2 Å². The second kappa shape index (κ2) is 10.2. The number of hydrogen-bond donors (Lipinski definition) is 2. The number of primary sulfonamides is 1. The molecule has 0 radical (unpaired) electrons. The number of aromatic nitrogens is 1. The number of anilines is 3. The van der Waals surface area contributed by atoms with Gasteiger partial charge in [-0.15, -0.1) is 0 Å². The minimum Gasteiger partial charge on any atom is -0.482 e. The Labute approximate surface area is 209 Å². The highest BCUT2D eigenvalue weighted by atomic mass is 32.2. The Kier molecular flexibility index (Phi) is 6.88. The number of ether oxygens (including phenoxy) is 2. The predicted molar refractivity (Wildman–Crippen MR) is 136 cm³/mol. The van der Waals surface area contributed by atoms with Crippen LogP contribution in [-0.2, 0) is 19.6 Å². The van der Waals surface area contributed by atoms with E-state index in [1.54, 1.807) is 23.2 Å². The number of carbonyl (C=O) groups excluding carboxylic acids is 1. The number of sulfonamides is 1. The number of nitrogens with two attached hydrogens (primary N) is 1. The van der Waals surface area contributed by atoms with Crippen LogP contribution in [0.2, 0.25) is 0 Å². The van der Waals surface area contributed by atoms with Gasteiger partial charge < -0.3 is 19.7 Å². The first-order valence-electron chi connectivity index (χ1n) is 11.6. The molecule has 10 nitrogen and oxygen atoms in total. The lowest BCUT2D eigenvalue weighted by atomic mass is 10.0. The maximum absolute atomic E-state index is 12.7. The van der Waals surface area contributed by atoms with Gasteiger partial charge in [-0.3, -0.25) is 9.69 Å². The van der Waals surface area contributed by atoms with Gasteiger partial charge in [-0.25, -0.2) is 18.5 Å². The van der Waals surface area contributed by atoms with E-state index in [2.05, 4.69) is 15.2 Å². The zero-order valence-electron chi connectivity index (χ0n) is 19.6. The summed E-state index contributed by atoms with van der Waals surface area (Å²) in [5.41, 5.74) is 3.24. The molecule has 3 N–H and O–H groups in total. The second-order valence-corrected chi connectivity index (χ2v) is 10.2. The normalized spacial score (nSPS) is 16.4. The van der Waals surface area contributed by atoms with Crippen LogP contribution >= 0.6 is 0 Å². The molecule has 1 saturated heterocycles. The Morgan fingerprint density at radius 1 is 0.972 bits per heavy atom. The number of amides is 1. The summed E-state index contributed by atoms with van der Waals surface area (Å²) in [5, 5.41) is 8.34. The molecule has 0 unspecified atom stereocenters. The Bertz CT molecular complexity index is 1360. The molecule has 1 amide bonds. The van der Waals surface area contributed by atoms with Gasteiger partial charge in [-0.2, -0.15) is 0 Å². The van der Waals surface area contributed by atoms with Gasteiger partial charge in [0.1, 0.15) is 11.6 Å². The van der Waals surface area contributed by atoms with E-state index in [4.69, 9.17) is 14.6 Å². The number of nitrogens with one attached hydrogen (secondary N) is 1. The molecule has 2 aliphatic rings. The van der Waals surface area contributed by atoms with Gasteiger partial charge in [-0.05, 0) is 59.7 Å². The lowest BCUT2D eigenvalue weighted by Crippen LogP contribution is -2.45. The minimum atomic E-state index is -3.75. The molecule has 0 aliphatic carbocycles. The first kappa shape index (κ1) is 24.2. The van der Waals surface area contributed by atoms with Crippen molar-refractivity contribution < 1.29 is 22.7 Å². The van der Waals surface area contributed by atoms with Crippen molar-refractivity contribution in [2.24, 2.45) is 5.14 Å². The molecule has 0 atom stereocenters. The topological polar surface area (TPSA) is 127 Å². The highest BCUT2D eigenvalue weighted by Gasteiger charge is 2.26. The SMILES string of the molecule is NS(=O)(=O)c1ccc(Nc2cc(-c3ccc4c(c3)N(CCN3CCOCC3)C(=O)CO4)ccn2)cc1. The highest BCUT2D eigenvalue weighted by Crippen LogP contribution is 2.36. The summed E-state index contributed by atoms with van der Waals surface area (Å²) in [6.07, 6.45) is 1.69. The van der Waals surface area contributed by atoms with Crippen molar-refractivity contribution in [3.63, 3.8) is 0 Å². The number of rotatable bonds is 7. The number of nitrogens with zero attached hydrogens (tertiary/aromatic N) is 3. The third-order valence-corrected chi connectivity index (χ3v) is 7.12. The summed E-state index contributed by atoms with van der Waals surface area (Å²) < 4.78 is 34.1. The van der Waals surface area contributed by atoms with Gasteiger partial charge in [0.15, 0.2) is 6.61 Å². The average molecular weight is 510 g/mol. The number of morpholine rings is 1. The summed E-state index contributed by atoms with van der Waals surface area (Å²) in [6, 6.07) is 15.7. The van der Waals surface area contributed by atoms with E-state index in [0.29, 0.717) is 37.0 Å². The van der Waals surface area contributed by atoms with Crippen LogP contribution in [0.15, 0.2) is 65.7 Å². The molecule has 36 heavy (non-hydrogen) atoms. The van der Waals surface area contributed by atoms with E-state index in [0.717, 1.165) is 36.4 Å². The molecule has 2 aliphatic heterocycles. The molecule has 188 valence electrons. The van der Waals surface area contributed by atoms with E-state index in [-0.39, 0.29) is 17.4 Å². The quantitative estimate of drug-likeness (QED) is 0.496. The smallest absolute Gasteiger partial charge is 0.265 e. The Morgan fingerprint density at radius 3 is 2.47 bits per heavy atom. The van der Waals surface area contributed by atoms with Gasteiger partial charge >= 0.3 is 0 Å². The van der Waals surface area contributed by atoms with Crippen LogP contribution in [0.5, 0.6) is 5.75 Å². The van der Waals surface area contributed by atoms with E-state index >= 15 is 0 Å². The predicted octanol–water partition coefficient (Wildman–Crippen LogP) is 2.20. The molecule has 0 bridgehead atoms. The number of carbonyl (C=O) groups is 1. The molecular formula is C25H27N5O5S. The number of fused-ring (bicyclic) bond motifs is 1. The number of benzene rings is 2. The maximum Gasteiger partial charge on any atom is 0.265 e. The lowest BCUT2D eigenvalue weighted by Gasteiger charge is -2.33. The fourth-order valence-corrected chi connectivity index (χ4v) is 4.76. The van der Waals surface area contributed by atoms with Crippen LogP contribution in [0.3, 0.4) is 0 Å².